The normalized spacial score (nSPS) is 16.6. The molecule has 1 unspecified atom stereocenters. The number of hydrogen-bond acceptors (Lipinski definition) is 3. The predicted octanol–water partition coefficient (Wildman–Crippen LogP) is 1.83. The van der Waals surface area contributed by atoms with E-state index in [4.69, 9.17) is 0 Å². The van der Waals surface area contributed by atoms with Crippen molar-refractivity contribution in [2.24, 2.45) is 5.41 Å². The van der Waals surface area contributed by atoms with Crippen LogP contribution in [0, 0.1) is 11.2 Å². The van der Waals surface area contributed by atoms with Gasteiger partial charge in [0.2, 0.25) is 5.91 Å². The summed E-state index contributed by atoms with van der Waals surface area (Å²) in [5.41, 5.74) is 1.37. The van der Waals surface area contributed by atoms with Crippen molar-refractivity contribution in [3.63, 3.8) is 0 Å². The number of aromatic nitrogens is 1. The molecule has 3 rings (SSSR count). The van der Waals surface area contributed by atoms with Gasteiger partial charge in [-0.15, -0.1) is 0 Å². The third-order valence-electron chi connectivity index (χ3n) is 5.33. The molecule has 0 radical (unpaired) electrons. The Morgan fingerprint density at radius 2 is 1.93 bits per heavy atom. The van der Waals surface area contributed by atoms with Crippen molar-refractivity contribution in [1.82, 2.24) is 10.3 Å². The maximum atomic E-state index is 14.1. The predicted molar refractivity (Wildman–Crippen MR) is 109 cm³/mol. The zero-order valence-corrected chi connectivity index (χ0v) is 16.9. The van der Waals surface area contributed by atoms with Crippen LogP contribution in [0.4, 0.5) is 10.1 Å². The number of carbonyl (C=O) groups is 1. The van der Waals surface area contributed by atoms with Crippen molar-refractivity contribution in [3.8, 4) is 0 Å². The number of rotatable bonds is 5. The van der Waals surface area contributed by atoms with Gasteiger partial charge in [-0.25, -0.2) is 4.39 Å². The number of anilines is 1. The lowest BCUT2D eigenvalue weighted by atomic mass is 9.95. The summed E-state index contributed by atoms with van der Waals surface area (Å²) in [7, 11) is 0. The number of carbonyl (C=O) groups excluding carboxylic acids is 1. The summed E-state index contributed by atoms with van der Waals surface area (Å²) in [6.07, 6.45) is 3.64. The first-order chi connectivity index (χ1) is 13.4. The molecule has 2 N–H and O–H groups in total. The molecule has 2 heterocycles. The van der Waals surface area contributed by atoms with E-state index in [-0.39, 0.29) is 17.8 Å². The number of nitrogens with one attached hydrogen (secondary N) is 2. The molecule has 1 aromatic carbocycles. The van der Waals surface area contributed by atoms with Crippen LogP contribution in [0.5, 0.6) is 0 Å². The molecule has 1 aliphatic heterocycles. The second-order valence-corrected chi connectivity index (χ2v) is 8.40. The zero-order chi connectivity index (χ0) is 20.1. The molecule has 0 saturated carbocycles. The molecule has 150 valence electrons. The van der Waals surface area contributed by atoms with Crippen LogP contribution >= 0.6 is 0 Å². The molecule has 1 fully saturated rings. The minimum Gasteiger partial charge on any atom is -0.358 e. The number of nitrogens with zero attached hydrogens (tertiary/aromatic N) is 2. The number of benzene rings is 1. The fourth-order valence-electron chi connectivity index (χ4n) is 3.63. The van der Waals surface area contributed by atoms with Gasteiger partial charge in [0, 0.05) is 23.4 Å². The van der Waals surface area contributed by atoms with Gasteiger partial charge >= 0.3 is 0 Å². The molecule has 5 nitrogen and oxygen atoms in total. The Labute approximate surface area is 166 Å². The van der Waals surface area contributed by atoms with Crippen LogP contribution in [0.1, 0.15) is 32.4 Å². The van der Waals surface area contributed by atoms with Gasteiger partial charge in [-0.1, -0.05) is 32.9 Å². The molecule has 0 spiro atoms. The van der Waals surface area contributed by atoms with Crippen LogP contribution in [0.15, 0.2) is 48.8 Å². The van der Waals surface area contributed by atoms with Crippen LogP contribution in [0.25, 0.3) is 0 Å². The van der Waals surface area contributed by atoms with Crippen LogP contribution in [-0.4, -0.2) is 43.6 Å². The van der Waals surface area contributed by atoms with Gasteiger partial charge < -0.3 is 15.1 Å². The van der Waals surface area contributed by atoms with E-state index < -0.39 is 5.41 Å². The number of hydrogen-bond donors (Lipinski definition) is 2. The number of halogens is 1. The number of amides is 1. The van der Waals surface area contributed by atoms with Crippen LogP contribution in [0.3, 0.4) is 0 Å². The highest BCUT2D eigenvalue weighted by atomic mass is 19.1. The fourth-order valence-corrected chi connectivity index (χ4v) is 3.63. The van der Waals surface area contributed by atoms with E-state index in [2.05, 4.69) is 21.3 Å². The first kappa shape index (κ1) is 20.3. The van der Waals surface area contributed by atoms with Crippen molar-refractivity contribution in [3.05, 3.63) is 60.2 Å². The minimum absolute atomic E-state index is 0.0470. The summed E-state index contributed by atoms with van der Waals surface area (Å²) < 4.78 is 14.1. The molecular formula is C22H30FN4O+. The first-order valence-corrected chi connectivity index (χ1v) is 9.88. The third-order valence-corrected chi connectivity index (χ3v) is 5.33. The van der Waals surface area contributed by atoms with E-state index in [1.54, 1.807) is 12.3 Å². The summed E-state index contributed by atoms with van der Waals surface area (Å²) in [6.45, 7) is 9.63. The molecule has 0 aliphatic carbocycles. The van der Waals surface area contributed by atoms with Gasteiger partial charge in [-0.3, -0.25) is 9.78 Å². The lowest BCUT2D eigenvalue weighted by molar-refractivity contribution is -0.931. The second-order valence-electron chi connectivity index (χ2n) is 8.40. The van der Waals surface area contributed by atoms with Crippen molar-refractivity contribution >= 4 is 11.6 Å². The Morgan fingerprint density at radius 3 is 2.54 bits per heavy atom. The fraction of sp³-hybridized carbons (Fsp3) is 0.455. The van der Waals surface area contributed by atoms with Gasteiger partial charge in [-0.2, -0.15) is 0 Å². The van der Waals surface area contributed by atoms with E-state index in [1.807, 2.05) is 45.2 Å². The zero-order valence-electron chi connectivity index (χ0n) is 16.9. The third kappa shape index (κ3) is 4.87. The molecule has 1 saturated heterocycles. The average Bonchev–Trinajstić information content (AvgIpc) is 2.69. The summed E-state index contributed by atoms with van der Waals surface area (Å²) in [5, 5.41) is 3.11. The molecular weight excluding hydrogens is 355 g/mol. The highest BCUT2D eigenvalue weighted by molar-refractivity contribution is 5.81. The van der Waals surface area contributed by atoms with E-state index >= 15 is 0 Å². The Hall–Kier alpha value is -2.47. The Morgan fingerprint density at radius 1 is 1.21 bits per heavy atom. The van der Waals surface area contributed by atoms with Gasteiger partial charge in [0.05, 0.1) is 38.4 Å². The topological polar surface area (TPSA) is 49.7 Å². The first-order valence-electron chi connectivity index (χ1n) is 9.88. The SMILES string of the molecule is CC(C)(C)C(=O)NCC(c1cccnc1)[NH+]1CCN(c2ccccc2F)CC1. The highest BCUT2D eigenvalue weighted by Gasteiger charge is 2.31. The Kier molecular flexibility index (Phi) is 6.29. The molecule has 0 bridgehead atoms. The summed E-state index contributed by atoms with van der Waals surface area (Å²) in [6, 6.07) is 11.1. The minimum atomic E-state index is -0.418. The van der Waals surface area contributed by atoms with Crippen molar-refractivity contribution < 1.29 is 14.1 Å². The van der Waals surface area contributed by atoms with Gasteiger partial charge in [0.15, 0.2) is 0 Å². The molecule has 1 atom stereocenters. The van der Waals surface area contributed by atoms with Crippen LogP contribution < -0.4 is 15.1 Å². The Balaban J connectivity index is 1.69. The second kappa shape index (κ2) is 8.69. The summed E-state index contributed by atoms with van der Waals surface area (Å²) in [4.78, 5) is 20.1. The van der Waals surface area contributed by atoms with Crippen LogP contribution in [0.2, 0.25) is 0 Å². The number of piperazine rings is 1. The lowest BCUT2D eigenvalue weighted by Gasteiger charge is -2.38. The Bertz CT molecular complexity index is 783. The maximum absolute atomic E-state index is 14.1. The van der Waals surface area contributed by atoms with Crippen molar-refractivity contribution in [2.75, 3.05) is 37.6 Å². The van der Waals surface area contributed by atoms with Gasteiger partial charge in [0.25, 0.3) is 0 Å². The van der Waals surface area contributed by atoms with E-state index in [0.717, 1.165) is 31.7 Å². The molecule has 2 aromatic rings. The number of para-hydroxylation sites is 1. The molecule has 6 heteroatoms. The largest absolute Gasteiger partial charge is 0.358 e. The number of pyridine rings is 1. The standard InChI is InChI=1S/C22H29FN4O/c1-22(2,3)21(28)25-16-20(17-7-6-10-24-15-17)27-13-11-26(12-14-27)19-9-5-4-8-18(19)23/h4-10,15,20H,11-14,16H2,1-3H3,(H,25,28)/p+1. The van der Waals surface area contributed by atoms with Crippen molar-refractivity contribution in [2.45, 2.75) is 26.8 Å². The van der Waals surface area contributed by atoms with E-state index in [9.17, 15) is 9.18 Å². The van der Waals surface area contributed by atoms with Crippen LogP contribution in [-0.2, 0) is 4.79 Å². The van der Waals surface area contributed by atoms with Crippen molar-refractivity contribution in [1.29, 1.82) is 0 Å². The smallest absolute Gasteiger partial charge is 0.225 e. The quantitative estimate of drug-likeness (QED) is 0.826. The van der Waals surface area contributed by atoms with Gasteiger partial charge in [-0.05, 0) is 24.3 Å². The molecule has 1 amide bonds. The lowest BCUT2D eigenvalue weighted by Crippen LogP contribution is -3.15. The number of quaternary nitrogens is 1. The maximum Gasteiger partial charge on any atom is 0.225 e. The van der Waals surface area contributed by atoms with E-state index in [1.165, 1.54) is 11.0 Å². The molecule has 1 aliphatic rings. The van der Waals surface area contributed by atoms with E-state index in [0.29, 0.717) is 12.2 Å². The summed E-state index contributed by atoms with van der Waals surface area (Å²) >= 11 is 0. The molecule has 1 aromatic heterocycles. The summed E-state index contributed by atoms with van der Waals surface area (Å²) in [5.74, 6) is -0.127. The highest BCUT2D eigenvalue weighted by Crippen LogP contribution is 2.19. The molecule has 28 heavy (non-hydrogen) atoms. The monoisotopic (exact) mass is 385 g/mol. The average molecular weight is 386 g/mol. The van der Waals surface area contributed by atoms with Gasteiger partial charge in [0.1, 0.15) is 11.9 Å².